The first-order chi connectivity index (χ1) is 9.35. The highest BCUT2D eigenvalue weighted by atomic mass is 32.2. The summed E-state index contributed by atoms with van der Waals surface area (Å²) in [6.45, 7) is 0. The molecule has 0 aliphatic rings. The van der Waals surface area contributed by atoms with Crippen molar-refractivity contribution in [2.75, 3.05) is 11.6 Å². The SMILES string of the molecule is CS(=O)(=O)Oc1ccc(C(=O)Nc2nccs2)cc1F. The van der Waals surface area contributed by atoms with E-state index in [1.807, 2.05) is 0 Å². The van der Waals surface area contributed by atoms with Crippen molar-refractivity contribution < 1.29 is 21.8 Å². The quantitative estimate of drug-likeness (QED) is 0.870. The minimum Gasteiger partial charge on any atom is -0.379 e. The molecule has 0 fully saturated rings. The molecular weight excluding hydrogens is 307 g/mol. The van der Waals surface area contributed by atoms with Gasteiger partial charge in [0.2, 0.25) is 0 Å². The van der Waals surface area contributed by atoms with Gasteiger partial charge in [-0.2, -0.15) is 8.42 Å². The molecule has 0 aliphatic carbocycles. The van der Waals surface area contributed by atoms with Gasteiger partial charge in [0.1, 0.15) is 0 Å². The number of carbonyl (C=O) groups is 1. The molecule has 9 heteroatoms. The van der Waals surface area contributed by atoms with E-state index in [2.05, 4.69) is 14.5 Å². The van der Waals surface area contributed by atoms with Crippen molar-refractivity contribution >= 4 is 32.5 Å². The maximum atomic E-state index is 13.6. The van der Waals surface area contributed by atoms with Crippen LogP contribution < -0.4 is 9.50 Å². The number of anilines is 1. The van der Waals surface area contributed by atoms with E-state index in [1.54, 1.807) is 5.38 Å². The highest BCUT2D eigenvalue weighted by Crippen LogP contribution is 2.21. The average Bonchev–Trinajstić information content (AvgIpc) is 2.83. The minimum atomic E-state index is -3.82. The lowest BCUT2D eigenvalue weighted by Crippen LogP contribution is -2.13. The van der Waals surface area contributed by atoms with Crippen LogP contribution in [0.2, 0.25) is 0 Å². The molecule has 0 bridgehead atoms. The second-order valence-electron chi connectivity index (χ2n) is 3.72. The van der Waals surface area contributed by atoms with Gasteiger partial charge in [-0.15, -0.1) is 11.3 Å². The van der Waals surface area contributed by atoms with Gasteiger partial charge in [-0.3, -0.25) is 10.1 Å². The van der Waals surface area contributed by atoms with Crippen molar-refractivity contribution in [3.63, 3.8) is 0 Å². The number of aromatic nitrogens is 1. The molecule has 2 aromatic rings. The molecule has 0 radical (unpaired) electrons. The first-order valence-electron chi connectivity index (χ1n) is 5.25. The van der Waals surface area contributed by atoms with Crippen LogP contribution in [0.5, 0.6) is 5.75 Å². The van der Waals surface area contributed by atoms with Crippen molar-refractivity contribution in [1.29, 1.82) is 0 Å². The zero-order valence-electron chi connectivity index (χ0n) is 10.2. The predicted octanol–water partition coefficient (Wildman–Crippen LogP) is 1.87. The fourth-order valence-corrected chi connectivity index (χ4v) is 2.31. The van der Waals surface area contributed by atoms with E-state index in [4.69, 9.17) is 0 Å². The van der Waals surface area contributed by atoms with Crippen molar-refractivity contribution in [2.24, 2.45) is 0 Å². The number of nitrogens with zero attached hydrogens (tertiary/aromatic N) is 1. The Balaban J connectivity index is 2.18. The third-order valence-electron chi connectivity index (χ3n) is 2.09. The molecule has 2 rings (SSSR count). The summed E-state index contributed by atoms with van der Waals surface area (Å²) in [7, 11) is -3.82. The lowest BCUT2D eigenvalue weighted by Gasteiger charge is -2.06. The van der Waals surface area contributed by atoms with Gasteiger partial charge >= 0.3 is 10.1 Å². The maximum absolute atomic E-state index is 13.6. The average molecular weight is 316 g/mol. The van der Waals surface area contributed by atoms with Crippen LogP contribution in [0.3, 0.4) is 0 Å². The number of carbonyl (C=O) groups excluding carboxylic acids is 1. The molecule has 0 spiro atoms. The van der Waals surface area contributed by atoms with Crippen LogP contribution in [0, 0.1) is 5.82 Å². The second-order valence-corrected chi connectivity index (χ2v) is 6.19. The number of halogens is 1. The smallest absolute Gasteiger partial charge is 0.306 e. The third-order valence-corrected chi connectivity index (χ3v) is 3.26. The number of nitrogens with one attached hydrogen (secondary N) is 1. The predicted molar refractivity (Wildman–Crippen MR) is 71.9 cm³/mol. The Morgan fingerprint density at radius 3 is 2.75 bits per heavy atom. The number of hydrogen-bond acceptors (Lipinski definition) is 6. The number of thiazole rings is 1. The normalized spacial score (nSPS) is 11.1. The van der Waals surface area contributed by atoms with Gasteiger partial charge in [-0.1, -0.05) is 0 Å². The van der Waals surface area contributed by atoms with Crippen LogP contribution in [0.15, 0.2) is 29.8 Å². The highest BCUT2D eigenvalue weighted by Gasteiger charge is 2.14. The Labute approximate surface area is 118 Å². The van der Waals surface area contributed by atoms with Crippen LogP contribution in [-0.2, 0) is 10.1 Å². The lowest BCUT2D eigenvalue weighted by molar-refractivity contribution is 0.102. The Bertz CT molecular complexity index is 729. The van der Waals surface area contributed by atoms with E-state index < -0.39 is 27.6 Å². The first-order valence-corrected chi connectivity index (χ1v) is 7.94. The Morgan fingerprint density at radius 1 is 1.45 bits per heavy atom. The number of hydrogen-bond donors (Lipinski definition) is 1. The van der Waals surface area contributed by atoms with Crippen LogP contribution in [0.25, 0.3) is 0 Å². The second kappa shape index (κ2) is 5.55. The third kappa shape index (κ3) is 3.75. The monoisotopic (exact) mass is 316 g/mol. The number of rotatable bonds is 4. The highest BCUT2D eigenvalue weighted by molar-refractivity contribution is 7.86. The molecule has 0 unspecified atom stereocenters. The molecule has 6 nitrogen and oxygen atoms in total. The van der Waals surface area contributed by atoms with E-state index in [0.717, 1.165) is 18.4 Å². The molecule has 0 saturated heterocycles. The van der Waals surface area contributed by atoms with Crippen LogP contribution in [0.4, 0.5) is 9.52 Å². The fraction of sp³-hybridized carbons (Fsp3) is 0.0909. The maximum Gasteiger partial charge on any atom is 0.306 e. The van der Waals surface area contributed by atoms with Gasteiger partial charge < -0.3 is 4.18 Å². The summed E-state index contributed by atoms with van der Waals surface area (Å²) < 4.78 is 39.9. The summed E-state index contributed by atoms with van der Waals surface area (Å²) in [4.78, 5) is 15.6. The Hall–Kier alpha value is -2.00. The molecule has 20 heavy (non-hydrogen) atoms. The van der Waals surface area contributed by atoms with Gasteiger partial charge in [0, 0.05) is 17.1 Å². The first kappa shape index (κ1) is 14.4. The zero-order valence-corrected chi connectivity index (χ0v) is 11.8. The standard InChI is InChI=1S/C11H9FN2O4S2/c1-20(16,17)18-9-3-2-7(6-8(9)12)10(15)14-11-13-4-5-19-11/h2-6H,1H3,(H,13,14,15). The molecule has 106 valence electrons. The zero-order chi connectivity index (χ0) is 14.8. The lowest BCUT2D eigenvalue weighted by atomic mass is 10.2. The van der Waals surface area contributed by atoms with Crippen molar-refractivity contribution in [3.05, 3.63) is 41.2 Å². The molecule has 1 amide bonds. The van der Waals surface area contributed by atoms with Crippen molar-refractivity contribution in [3.8, 4) is 5.75 Å². The van der Waals surface area contributed by atoms with Crippen molar-refractivity contribution in [1.82, 2.24) is 4.98 Å². The Morgan fingerprint density at radius 2 is 2.20 bits per heavy atom. The van der Waals surface area contributed by atoms with Gasteiger partial charge in [0.25, 0.3) is 5.91 Å². The summed E-state index contributed by atoms with van der Waals surface area (Å²) >= 11 is 1.22. The summed E-state index contributed by atoms with van der Waals surface area (Å²) in [5.41, 5.74) is 0.0264. The van der Waals surface area contributed by atoms with Gasteiger partial charge in [0.15, 0.2) is 16.7 Å². The van der Waals surface area contributed by atoms with E-state index >= 15 is 0 Å². The molecule has 1 aromatic carbocycles. The van der Waals surface area contributed by atoms with E-state index in [1.165, 1.54) is 23.6 Å². The molecule has 1 aromatic heterocycles. The Kier molecular flexibility index (Phi) is 4.00. The van der Waals surface area contributed by atoms with Crippen LogP contribution >= 0.6 is 11.3 Å². The van der Waals surface area contributed by atoms with Gasteiger partial charge in [0.05, 0.1) is 6.26 Å². The summed E-state index contributed by atoms with van der Waals surface area (Å²) in [5.74, 6) is -1.95. The van der Waals surface area contributed by atoms with E-state index in [-0.39, 0.29) is 5.56 Å². The summed E-state index contributed by atoms with van der Waals surface area (Å²) in [6, 6.07) is 3.23. The van der Waals surface area contributed by atoms with Gasteiger partial charge in [-0.25, -0.2) is 9.37 Å². The summed E-state index contributed by atoms with van der Waals surface area (Å²) in [5, 5.41) is 4.54. The molecule has 1 N–H and O–H groups in total. The van der Waals surface area contributed by atoms with Crippen LogP contribution in [-0.4, -0.2) is 25.6 Å². The number of benzene rings is 1. The van der Waals surface area contributed by atoms with Gasteiger partial charge in [-0.05, 0) is 18.2 Å². The van der Waals surface area contributed by atoms with E-state index in [0.29, 0.717) is 5.13 Å². The van der Waals surface area contributed by atoms with E-state index in [9.17, 15) is 17.6 Å². The molecule has 0 aliphatic heterocycles. The number of amides is 1. The minimum absolute atomic E-state index is 0.0264. The van der Waals surface area contributed by atoms with Crippen LogP contribution in [0.1, 0.15) is 10.4 Å². The topological polar surface area (TPSA) is 85.4 Å². The molecule has 0 saturated carbocycles. The largest absolute Gasteiger partial charge is 0.379 e. The summed E-state index contributed by atoms with van der Waals surface area (Å²) in [6.07, 6.45) is 2.32. The molecule has 1 heterocycles. The molecule has 0 atom stereocenters. The fourth-order valence-electron chi connectivity index (χ4n) is 1.33. The molecular formula is C11H9FN2O4S2. The van der Waals surface area contributed by atoms with Crippen molar-refractivity contribution in [2.45, 2.75) is 0 Å².